The third kappa shape index (κ3) is 6.55. The normalized spacial score (nSPS) is 18.2. The molecule has 2 aromatic rings. The Bertz CT molecular complexity index is 958. The number of hydrogen-bond donors (Lipinski definition) is 2. The van der Waals surface area contributed by atoms with Crippen molar-refractivity contribution in [1.29, 1.82) is 5.26 Å². The second-order valence-electron chi connectivity index (χ2n) is 8.04. The second kappa shape index (κ2) is 12.0. The Kier molecular flexibility index (Phi) is 9.10. The van der Waals surface area contributed by atoms with Crippen molar-refractivity contribution in [2.24, 2.45) is 11.8 Å². The molecule has 1 aliphatic rings. The second-order valence-corrected chi connectivity index (χ2v) is 8.86. The van der Waals surface area contributed by atoms with Gasteiger partial charge in [-0.15, -0.1) is 0 Å². The number of carbonyl (C=O) groups excluding carboxylic acids is 2. The van der Waals surface area contributed by atoms with E-state index in [0.29, 0.717) is 43.6 Å². The third-order valence-electron chi connectivity index (χ3n) is 5.81. The van der Waals surface area contributed by atoms with Crippen LogP contribution in [0.2, 0.25) is 10.0 Å². The van der Waals surface area contributed by atoms with Crippen LogP contribution in [0.25, 0.3) is 0 Å². The number of ketones is 1. The zero-order valence-corrected chi connectivity index (χ0v) is 19.2. The minimum atomic E-state index is -0.494. The van der Waals surface area contributed by atoms with Crippen LogP contribution < -0.4 is 5.32 Å². The molecule has 1 fully saturated rings. The van der Waals surface area contributed by atoms with Crippen LogP contribution in [0, 0.1) is 23.2 Å². The number of nitrogens with zero attached hydrogens (tertiary/aromatic N) is 2. The lowest BCUT2D eigenvalue weighted by Crippen LogP contribution is -2.20. The van der Waals surface area contributed by atoms with Crippen LogP contribution in [0.3, 0.4) is 0 Å². The molecule has 32 heavy (non-hydrogen) atoms. The molecule has 7 nitrogen and oxygen atoms in total. The largest absolute Gasteiger partial charge is 0.380 e. The molecule has 0 radical (unpaired) electrons. The molecule has 0 bridgehead atoms. The van der Waals surface area contributed by atoms with Crippen molar-refractivity contribution >= 4 is 40.6 Å². The highest BCUT2D eigenvalue weighted by Gasteiger charge is 2.24. The Labute approximate surface area is 197 Å². The first-order valence-corrected chi connectivity index (χ1v) is 11.5. The molecule has 1 amide bonds. The van der Waals surface area contributed by atoms with E-state index in [9.17, 15) is 9.59 Å². The van der Waals surface area contributed by atoms with Crippen molar-refractivity contribution in [3.05, 3.63) is 45.7 Å². The highest BCUT2D eigenvalue weighted by Crippen LogP contribution is 2.32. The average Bonchev–Trinajstić information content (AvgIpc) is 3.24. The molecule has 1 aromatic heterocycles. The number of carbonyl (C=O) groups is 2. The van der Waals surface area contributed by atoms with E-state index >= 15 is 0 Å². The number of rotatable bonds is 10. The standard InChI is InChI=1S/C23H26Cl2N4O3/c24-17-3-1-4-18(25)21(17)23(31)28-19-13-27-29-22(19)20(30)10-9-15-5-7-16(8-6-15)14-32-12-2-11-26/h1,3-4,13,15-16H,2,5-10,12,14H2,(H,27,29)(H,28,31). The zero-order chi connectivity index (χ0) is 22.9. The van der Waals surface area contributed by atoms with Gasteiger partial charge in [-0.2, -0.15) is 10.4 Å². The van der Waals surface area contributed by atoms with Crippen LogP contribution in [0.15, 0.2) is 24.4 Å². The van der Waals surface area contributed by atoms with Crippen LogP contribution in [0.1, 0.15) is 65.8 Å². The molecule has 1 aliphatic carbocycles. The molecule has 0 atom stereocenters. The van der Waals surface area contributed by atoms with Crippen molar-refractivity contribution in [3.63, 3.8) is 0 Å². The fourth-order valence-corrected chi connectivity index (χ4v) is 4.58. The van der Waals surface area contributed by atoms with E-state index in [1.807, 2.05) is 0 Å². The van der Waals surface area contributed by atoms with Crippen LogP contribution >= 0.6 is 23.2 Å². The first-order valence-electron chi connectivity index (χ1n) is 10.8. The maximum Gasteiger partial charge on any atom is 0.258 e. The van der Waals surface area contributed by atoms with Gasteiger partial charge in [-0.3, -0.25) is 14.7 Å². The molecule has 0 aliphatic heterocycles. The summed E-state index contributed by atoms with van der Waals surface area (Å²) in [7, 11) is 0. The summed E-state index contributed by atoms with van der Waals surface area (Å²) in [5.74, 6) is 0.445. The minimum absolute atomic E-state index is 0.0926. The Morgan fingerprint density at radius 3 is 2.56 bits per heavy atom. The number of ether oxygens (including phenoxy) is 1. The summed E-state index contributed by atoms with van der Waals surface area (Å²) in [5, 5.41) is 18.3. The van der Waals surface area contributed by atoms with E-state index in [0.717, 1.165) is 32.1 Å². The van der Waals surface area contributed by atoms with Gasteiger partial charge in [0.15, 0.2) is 5.78 Å². The topological polar surface area (TPSA) is 108 Å². The Morgan fingerprint density at radius 2 is 1.88 bits per heavy atom. The zero-order valence-electron chi connectivity index (χ0n) is 17.7. The van der Waals surface area contributed by atoms with Crippen LogP contribution in [-0.4, -0.2) is 35.1 Å². The van der Waals surface area contributed by atoms with Gasteiger partial charge < -0.3 is 10.1 Å². The molecular formula is C23H26Cl2N4O3. The van der Waals surface area contributed by atoms with E-state index in [1.54, 1.807) is 18.2 Å². The summed E-state index contributed by atoms with van der Waals surface area (Å²) in [6.07, 6.45) is 7.31. The molecule has 1 saturated carbocycles. The number of aromatic nitrogens is 2. The number of halogens is 2. The average molecular weight is 477 g/mol. The van der Waals surface area contributed by atoms with Gasteiger partial charge >= 0.3 is 0 Å². The Balaban J connectivity index is 1.48. The molecule has 0 unspecified atom stereocenters. The molecule has 9 heteroatoms. The summed E-state index contributed by atoms with van der Waals surface area (Å²) in [5.41, 5.74) is 0.749. The molecule has 2 N–H and O–H groups in total. The van der Waals surface area contributed by atoms with Crippen molar-refractivity contribution in [3.8, 4) is 6.07 Å². The van der Waals surface area contributed by atoms with Gasteiger partial charge in [-0.1, -0.05) is 42.1 Å². The van der Waals surface area contributed by atoms with E-state index < -0.39 is 5.91 Å². The van der Waals surface area contributed by atoms with Crippen molar-refractivity contribution in [2.75, 3.05) is 18.5 Å². The predicted molar refractivity (Wildman–Crippen MR) is 123 cm³/mol. The summed E-state index contributed by atoms with van der Waals surface area (Å²) >= 11 is 12.2. The van der Waals surface area contributed by atoms with Gasteiger partial charge in [0.1, 0.15) is 5.69 Å². The van der Waals surface area contributed by atoms with Gasteiger partial charge in [-0.05, 0) is 43.2 Å². The minimum Gasteiger partial charge on any atom is -0.380 e. The lowest BCUT2D eigenvalue weighted by atomic mass is 9.80. The van der Waals surface area contributed by atoms with Crippen molar-refractivity contribution in [2.45, 2.75) is 44.9 Å². The first kappa shape index (κ1) is 24.2. The fourth-order valence-electron chi connectivity index (χ4n) is 4.01. The number of benzene rings is 1. The lowest BCUT2D eigenvalue weighted by Gasteiger charge is -2.28. The number of nitrogens with one attached hydrogen (secondary N) is 2. The van der Waals surface area contributed by atoms with Gasteiger partial charge in [0.05, 0.1) is 46.6 Å². The summed E-state index contributed by atoms with van der Waals surface area (Å²) < 4.78 is 5.55. The number of aromatic amines is 1. The first-order chi connectivity index (χ1) is 15.5. The third-order valence-corrected chi connectivity index (χ3v) is 6.44. The van der Waals surface area contributed by atoms with E-state index in [4.69, 9.17) is 33.2 Å². The summed E-state index contributed by atoms with van der Waals surface area (Å²) in [6.45, 7) is 1.21. The lowest BCUT2D eigenvalue weighted by molar-refractivity contribution is 0.0789. The van der Waals surface area contributed by atoms with E-state index in [-0.39, 0.29) is 27.1 Å². The number of H-pyrrole nitrogens is 1. The smallest absolute Gasteiger partial charge is 0.258 e. The van der Waals surface area contributed by atoms with Gasteiger partial charge in [0, 0.05) is 13.0 Å². The van der Waals surface area contributed by atoms with Crippen LogP contribution in [-0.2, 0) is 4.74 Å². The maximum atomic E-state index is 12.8. The van der Waals surface area contributed by atoms with Gasteiger partial charge in [0.25, 0.3) is 5.91 Å². The SMILES string of the molecule is N#CCCOCC1CCC(CCC(=O)c2[nH]ncc2NC(=O)c2c(Cl)cccc2Cl)CC1. The molecular weight excluding hydrogens is 451 g/mol. The number of nitriles is 1. The number of amides is 1. The van der Waals surface area contributed by atoms with E-state index in [2.05, 4.69) is 21.6 Å². The quantitative estimate of drug-likeness (QED) is 0.339. The van der Waals surface area contributed by atoms with Gasteiger partial charge in [0.2, 0.25) is 0 Å². The number of hydrogen-bond acceptors (Lipinski definition) is 5. The monoisotopic (exact) mass is 476 g/mol. The summed E-state index contributed by atoms with van der Waals surface area (Å²) in [6, 6.07) is 6.90. The molecule has 3 rings (SSSR count). The number of Topliss-reactive ketones (excluding diaryl/α,β-unsaturated/α-hetero) is 1. The fraction of sp³-hybridized carbons (Fsp3) is 0.478. The molecule has 1 aromatic carbocycles. The highest BCUT2D eigenvalue weighted by molar-refractivity contribution is 6.40. The summed E-state index contributed by atoms with van der Waals surface area (Å²) in [4.78, 5) is 25.4. The highest BCUT2D eigenvalue weighted by atomic mass is 35.5. The number of anilines is 1. The molecule has 0 saturated heterocycles. The van der Waals surface area contributed by atoms with E-state index in [1.165, 1.54) is 6.20 Å². The van der Waals surface area contributed by atoms with Crippen molar-refractivity contribution in [1.82, 2.24) is 10.2 Å². The van der Waals surface area contributed by atoms with Crippen molar-refractivity contribution < 1.29 is 14.3 Å². The van der Waals surface area contributed by atoms with Crippen LogP contribution in [0.4, 0.5) is 5.69 Å². The Morgan fingerprint density at radius 1 is 1.19 bits per heavy atom. The molecule has 0 spiro atoms. The predicted octanol–water partition coefficient (Wildman–Crippen LogP) is 5.67. The molecule has 1 heterocycles. The maximum absolute atomic E-state index is 12.8. The molecule has 170 valence electrons. The Hall–Kier alpha value is -2.40. The van der Waals surface area contributed by atoms with Gasteiger partial charge in [-0.25, -0.2) is 0 Å². The van der Waals surface area contributed by atoms with Crippen LogP contribution in [0.5, 0.6) is 0 Å².